The molecule has 4 rings (SSSR count). The standard InChI is InChI=1S/C27H30ClN5O5S/c1-18(26(35)31(2)13-10-22-5-3-4-12-30-22)32-14-11-24(27(32)36)33(17-25(29)34)39(37,38)23-9-7-19-15-21(28)8-6-20(19)16-23/h3-9,12,15-16,18,24H,10-11,13-14,17H2,1-2H3,(H2,29,34)/t18-,24-/m0/s1. The Kier molecular flexibility index (Phi) is 8.53. The number of aromatic nitrogens is 1. The van der Waals surface area contributed by atoms with E-state index in [2.05, 4.69) is 4.98 Å². The summed E-state index contributed by atoms with van der Waals surface area (Å²) in [5, 5.41) is 1.88. The predicted molar refractivity (Wildman–Crippen MR) is 147 cm³/mol. The van der Waals surface area contributed by atoms with Gasteiger partial charge in [-0.2, -0.15) is 4.31 Å². The van der Waals surface area contributed by atoms with Crippen LogP contribution in [0.3, 0.4) is 0 Å². The quantitative estimate of drug-likeness (QED) is 0.396. The van der Waals surface area contributed by atoms with Gasteiger partial charge in [-0.05, 0) is 60.5 Å². The monoisotopic (exact) mass is 571 g/mol. The van der Waals surface area contributed by atoms with Gasteiger partial charge in [-0.1, -0.05) is 29.8 Å². The molecule has 1 aliphatic rings. The van der Waals surface area contributed by atoms with E-state index >= 15 is 0 Å². The van der Waals surface area contributed by atoms with Gasteiger partial charge < -0.3 is 15.5 Å². The van der Waals surface area contributed by atoms with Crippen LogP contribution in [0.25, 0.3) is 10.8 Å². The largest absolute Gasteiger partial charge is 0.369 e. The van der Waals surface area contributed by atoms with Crippen molar-refractivity contribution in [1.82, 2.24) is 19.1 Å². The highest BCUT2D eigenvalue weighted by Crippen LogP contribution is 2.29. The molecule has 12 heteroatoms. The Labute approximate surface area is 232 Å². The molecule has 1 aliphatic heterocycles. The van der Waals surface area contributed by atoms with Gasteiger partial charge in [0.1, 0.15) is 12.1 Å². The number of likely N-dealkylation sites (tertiary alicyclic amines) is 1. The summed E-state index contributed by atoms with van der Waals surface area (Å²) < 4.78 is 28.2. The number of carbonyl (C=O) groups excluding carboxylic acids is 3. The summed E-state index contributed by atoms with van der Waals surface area (Å²) in [6.45, 7) is 1.51. The number of pyridine rings is 1. The maximum Gasteiger partial charge on any atom is 0.244 e. The molecule has 0 radical (unpaired) electrons. The molecular weight excluding hydrogens is 542 g/mol. The van der Waals surface area contributed by atoms with Crippen LogP contribution in [-0.2, 0) is 30.8 Å². The number of amides is 3. The Morgan fingerprint density at radius 2 is 1.87 bits per heavy atom. The van der Waals surface area contributed by atoms with Gasteiger partial charge in [-0.15, -0.1) is 0 Å². The van der Waals surface area contributed by atoms with E-state index < -0.39 is 40.5 Å². The Morgan fingerprint density at radius 3 is 2.56 bits per heavy atom. The summed E-state index contributed by atoms with van der Waals surface area (Å²) in [4.78, 5) is 45.6. The third-order valence-corrected chi connectivity index (χ3v) is 8.97. The Balaban J connectivity index is 1.52. The second-order valence-electron chi connectivity index (χ2n) is 9.51. The highest BCUT2D eigenvalue weighted by molar-refractivity contribution is 7.89. The summed E-state index contributed by atoms with van der Waals surface area (Å²) in [6.07, 6.45) is 2.35. The first-order chi connectivity index (χ1) is 18.5. The van der Waals surface area contributed by atoms with Crippen LogP contribution in [0, 0.1) is 0 Å². The third-order valence-electron chi connectivity index (χ3n) is 6.88. The fourth-order valence-corrected chi connectivity index (χ4v) is 6.53. The molecule has 3 aromatic rings. The number of hydrogen-bond acceptors (Lipinski definition) is 6. The van der Waals surface area contributed by atoms with Crippen molar-refractivity contribution < 1.29 is 22.8 Å². The van der Waals surface area contributed by atoms with Crippen molar-refractivity contribution in [2.45, 2.75) is 36.7 Å². The van der Waals surface area contributed by atoms with E-state index in [1.807, 2.05) is 18.2 Å². The fraction of sp³-hybridized carbons (Fsp3) is 0.333. The molecule has 2 atom stereocenters. The zero-order valence-corrected chi connectivity index (χ0v) is 23.2. The van der Waals surface area contributed by atoms with Crippen LogP contribution in [0.15, 0.2) is 65.7 Å². The molecule has 0 saturated carbocycles. The van der Waals surface area contributed by atoms with E-state index in [0.717, 1.165) is 15.4 Å². The van der Waals surface area contributed by atoms with Crippen LogP contribution < -0.4 is 5.73 Å². The minimum Gasteiger partial charge on any atom is -0.369 e. The molecule has 206 valence electrons. The summed E-state index contributed by atoms with van der Waals surface area (Å²) in [6, 6.07) is 13.1. The molecule has 1 saturated heterocycles. The van der Waals surface area contributed by atoms with Gasteiger partial charge >= 0.3 is 0 Å². The SMILES string of the molecule is C[C@@H](C(=O)N(C)CCc1ccccn1)N1CC[C@H](N(CC(N)=O)S(=O)(=O)c2ccc3cc(Cl)ccc3c2)C1=O. The molecule has 2 heterocycles. The molecule has 0 aliphatic carbocycles. The molecule has 2 aromatic carbocycles. The first-order valence-electron chi connectivity index (χ1n) is 12.4. The first kappa shape index (κ1) is 28.5. The average Bonchev–Trinajstić information content (AvgIpc) is 3.30. The second-order valence-corrected chi connectivity index (χ2v) is 11.8. The number of benzene rings is 2. The number of fused-ring (bicyclic) bond motifs is 1. The maximum atomic E-state index is 13.7. The van der Waals surface area contributed by atoms with Crippen LogP contribution in [0.5, 0.6) is 0 Å². The second kappa shape index (κ2) is 11.7. The lowest BCUT2D eigenvalue weighted by molar-refractivity contribution is -0.143. The van der Waals surface area contributed by atoms with Crippen molar-refractivity contribution in [2.75, 3.05) is 26.7 Å². The molecule has 2 N–H and O–H groups in total. The molecule has 0 spiro atoms. The van der Waals surface area contributed by atoms with E-state index in [-0.39, 0.29) is 23.8 Å². The normalized spacial score (nSPS) is 16.6. The van der Waals surface area contributed by atoms with Crippen molar-refractivity contribution in [2.24, 2.45) is 5.73 Å². The van der Waals surface area contributed by atoms with E-state index in [1.54, 1.807) is 44.4 Å². The van der Waals surface area contributed by atoms with Crippen molar-refractivity contribution in [3.05, 3.63) is 71.5 Å². The summed E-state index contributed by atoms with van der Waals surface area (Å²) >= 11 is 6.03. The highest BCUT2D eigenvalue weighted by Gasteiger charge is 2.45. The summed E-state index contributed by atoms with van der Waals surface area (Å²) in [5.74, 6) is -1.72. The van der Waals surface area contributed by atoms with Crippen molar-refractivity contribution >= 4 is 50.1 Å². The Bertz CT molecular complexity index is 1500. The lowest BCUT2D eigenvalue weighted by Gasteiger charge is -2.30. The van der Waals surface area contributed by atoms with Gasteiger partial charge in [-0.3, -0.25) is 19.4 Å². The number of carbonyl (C=O) groups is 3. The number of primary amides is 1. The number of hydrogen-bond donors (Lipinski definition) is 1. The summed E-state index contributed by atoms with van der Waals surface area (Å²) in [5.41, 5.74) is 6.24. The number of nitrogens with two attached hydrogens (primary N) is 1. The van der Waals surface area contributed by atoms with Crippen LogP contribution in [0.4, 0.5) is 0 Å². The van der Waals surface area contributed by atoms with Gasteiger partial charge in [0.05, 0.1) is 11.4 Å². The van der Waals surface area contributed by atoms with Crippen molar-refractivity contribution in [1.29, 1.82) is 0 Å². The summed E-state index contributed by atoms with van der Waals surface area (Å²) in [7, 11) is -2.64. The molecular formula is C27H30ClN5O5S. The predicted octanol–water partition coefficient (Wildman–Crippen LogP) is 2.05. The Morgan fingerprint density at radius 1 is 1.15 bits per heavy atom. The molecule has 10 nitrogen and oxygen atoms in total. The number of halogens is 1. The van der Waals surface area contributed by atoms with Gasteiger partial charge in [0.15, 0.2) is 0 Å². The van der Waals surface area contributed by atoms with Crippen molar-refractivity contribution in [3.63, 3.8) is 0 Å². The van der Waals surface area contributed by atoms with Crippen LogP contribution in [0.1, 0.15) is 19.0 Å². The number of rotatable bonds is 10. The zero-order valence-electron chi connectivity index (χ0n) is 21.7. The Hall–Kier alpha value is -3.54. The van der Waals surface area contributed by atoms with Crippen molar-refractivity contribution in [3.8, 4) is 0 Å². The minimum atomic E-state index is -4.29. The van der Waals surface area contributed by atoms with E-state index in [9.17, 15) is 22.8 Å². The van der Waals surface area contributed by atoms with Gasteiger partial charge in [0.2, 0.25) is 27.7 Å². The zero-order chi connectivity index (χ0) is 28.3. The van der Waals surface area contributed by atoms with Crippen LogP contribution >= 0.6 is 11.6 Å². The molecule has 1 fully saturated rings. The maximum absolute atomic E-state index is 13.7. The van der Waals surface area contributed by atoms with Crippen LogP contribution in [-0.4, -0.2) is 84.0 Å². The average molecular weight is 572 g/mol. The number of nitrogens with zero attached hydrogens (tertiary/aromatic N) is 4. The van der Waals surface area contributed by atoms with Gasteiger partial charge in [0.25, 0.3) is 0 Å². The van der Waals surface area contributed by atoms with E-state index in [0.29, 0.717) is 23.4 Å². The topological polar surface area (TPSA) is 134 Å². The van der Waals surface area contributed by atoms with E-state index in [1.165, 1.54) is 21.9 Å². The third kappa shape index (κ3) is 6.21. The van der Waals surface area contributed by atoms with Gasteiger partial charge in [-0.25, -0.2) is 8.42 Å². The molecule has 39 heavy (non-hydrogen) atoms. The molecule has 0 unspecified atom stereocenters. The lowest BCUT2D eigenvalue weighted by atomic mass is 10.1. The minimum absolute atomic E-state index is 0.0804. The van der Waals surface area contributed by atoms with Gasteiger partial charge in [0, 0.05) is 43.5 Å². The molecule has 1 aromatic heterocycles. The van der Waals surface area contributed by atoms with Crippen LogP contribution in [0.2, 0.25) is 5.02 Å². The highest BCUT2D eigenvalue weighted by atomic mass is 35.5. The van der Waals surface area contributed by atoms with E-state index in [4.69, 9.17) is 17.3 Å². The molecule has 0 bridgehead atoms. The lowest BCUT2D eigenvalue weighted by Crippen LogP contribution is -2.52. The molecule has 3 amide bonds. The number of sulfonamides is 1. The fourth-order valence-electron chi connectivity index (χ4n) is 4.74. The smallest absolute Gasteiger partial charge is 0.244 e. The first-order valence-corrected chi connectivity index (χ1v) is 14.3. The number of likely N-dealkylation sites (N-methyl/N-ethyl adjacent to an activating group) is 1.